The Labute approximate surface area is 142 Å². The van der Waals surface area contributed by atoms with E-state index in [2.05, 4.69) is 15.5 Å². The molecule has 24 heavy (non-hydrogen) atoms. The van der Waals surface area contributed by atoms with Gasteiger partial charge in [0.05, 0.1) is 6.54 Å². The van der Waals surface area contributed by atoms with E-state index in [0.29, 0.717) is 11.6 Å². The highest BCUT2D eigenvalue weighted by Gasteiger charge is 2.12. The molecule has 1 N–H and O–H groups in total. The lowest BCUT2D eigenvalue weighted by Gasteiger charge is -2.05. The molecule has 0 aliphatic heterocycles. The molecule has 0 atom stereocenters. The molecule has 2 heterocycles. The molecule has 0 aliphatic rings. The second-order valence-corrected chi connectivity index (χ2v) is 5.74. The number of nitrogens with zero attached hydrogens (tertiary/aromatic N) is 4. The number of hydrogen-bond donors (Lipinski definition) is 1. The molecule has 1 aromatic carbocycles. The summed E-state index contributed by atoms with van der Waals surface area (Å²) in [7, 11) is 0. The van der Waals surface area contributed by atoms with Crippen molar-refractivity contribution in [2.45, 2.75) is 20.0 Å². The van der Waals surface area contributed by atoms with Crippen LogP contribution in [-0.4, -0.2) is 25.5 Å². The summed E-state index contributed by atoms with van der Waals surface area (Å²) in [5, 5.41) is 11.3. The molecule has 0 saturated heterocycles. The SMILES string of the molecule is Cc1ccnn1CC(=O)Nc1nn(Cc2ccc(F)cc2)cc1Cl. The highest BCUT2D eigenvalue weighted by molar-refractivity contribution is 6.33. The molecular formula is C16H15ClFN5O. The van der Waals surface area contributed by atoms with Gasteiger partial charge >= 0.3 is 0 Å². The Morgan fingerprint density at radius 3 is 2.71 bits per heavy atom. The van der Waals surface area contributed by atoms with Crippen LogP contribution in [0.3, 0.4) is 0 Å². The van der Waals surface area contributed by atoms with Gasteiger partial charge in [-0.25, -0.2) is 4.39 Å². The zero-order valence-electron chi connectivity index (χ0n) is 12.9. The van der Waals surface area contributed by atoms with Crippen LogP contribution in [-0.2, 0) is 17.9 Å². The quantitative estimate of drug-likeness (QED) is 0.771. The van der Waals surface area contributed by atoms with E-state index in [0.717, 1.165) is 11.3 Å². The van der Waals surface area contributed by atoms with Crippen LogP contribution in [0.4, 0.5) is 10.2 Å². The Kier molecular flexibility index (Phi) is 4.61. The molecule has 0 fully saturated rings. The van der Waals surface area contributed by atoms with Crippen molar-refractivity contribution in [2.75, 3.05) is 5.32 Å². The fourth-order valence-corrected chi connectivity index (χ4v) is 2.41. The van der Waals surface area contributed by atoms with Crippen LogP contribution in [0.15, 0.2) is 42.7 Å². The van der Waals surface area contributed by atoms with Crippen LogP contribution >= 0.6 is 11.6 Å². The lowest BCUT2D eigenvalue weighted by Crippen LogP contribution is -2.20. The second kappa shape index (κ2) is 6.84. The summed E-state index contributed by atoms with van der Waals surface area (Å²) in [5.41, 5.74) is 1.76. The Hall–Kier alpha value is -2.67. The zero-order chi connectivity index (χ0) is 17.1. The molecule has 124 valence electrons. The third kappa shape index (κ3) is 3.80. The number of carbonyl (C=O) groups excluding carboxylic acids is 1. The Balaban J connectivity index is 1.66. The molecule has 0 saturated carbocycles. The van der Waals surface area contributed by atoms with Gasteiger partial charge in [0.25, 0.3) is 0 Å². The van der Waals surface area contributed by atoms with Crippen molar-refractivity contribution in [1.29, 1.82) is 0 Å². The van der Waals surface area contributed by atoms with Gasteiger partial charge in [0.1, 0.15) is 17.4 Å². The van der Waals surface area contributed by atoms with Crippen molar-refractivity contribution in [3.05, 3.63) is 64.8 Å². The number of halogens is 2. The molecule has 3 rings (SSSR count). The third-order valence-electron chi connectivity index (χ3n) is 3.45. The summed E-state index contributed by atoms with van der Waals surface area (Å²) in [6.45, 7) is 2.37. The second-order valence-electron chi connectivity index (χ2n) is 5.33. The van der Waals surface area contributed by atoms with Crippen LogP contribution in [0.1, 0.15) is 11.3 Å². The van der Waals surface area contributed by atoms with Gasteiger partial charge in [-0.3, -0.25) is 14.2 Å². The minimum Gasteiger partial charge on any atom is -0.306 e. The van der Waals surface area contributed by atoms with Gasteiger partial charge < -0.3 is 5.32 Å². The molecule has 0 aliphatic carbocycles. The molecular weight excluding hydrogens is 333 g/mol. The minimum atomic E-state index is -0.292. The predicted octanol–water partition coefficient (Wildman–Crippen LogP) is 2.87. The fraction of sp³-hybridized carbons (Fsp3) is 0.188. The van der Waals surface area contributed by atoms with Crippen molar-refractivity contribution in [2.24, 2.45) is 0 Å². The average molecular weight is 348 g/mol. The summed E-state index contributed by atoms with van der Waals surface area (Å²) in [6, 6.07) is 7.93. The predicted molar refractivity (Wildman–Crippen MR) is 88.3 cm³/mol. The number of nitrogens with one attached hydrogen (secondary N) is 1. The number of aryl methyl sites for hydroxylation is 1. The summed E-state index contributed by atoms with van der Waals surface area (Å²) < 4.78 is 16.1. The Morgan fingerprint density at radius 2 is 2.04 bits per heavy atom. The number of amides is 1. The van der Waals surface area contributed by atoms with Crippen LogP contribution in [0.5, 0.6) is 0 Å². The summed E-state index contributed by atoms with van der Waals surface area (Å²) in [6.07, 6.45) is 3.24. The first-order chi connectivity index (χ1) is 11.5. The molecule has 3 aromatic rings. The van der Waals surface area contributed by atoms with Crippen molar-refractivity contribution in [3.8, 4) is 0 Å². The third-order valence-corrected chi connectivity index (χ3v) is 3.73. The van der Waals surface area contributed by atoms with E-state index in [4.69, 9.17) is 11.6 Å². The number of anilines is 1. The van der Waals surface area contributed by atoms with Crippen molar-refractivity contribution < 1.29 is 9.18 Å². The maximum Gasteiger partial charge on any atom is 0.247 e. The van der Waals surface area contributed by atoms with Gasteiger partial charge in [-0.15, -0.1) is 0 Å². The molecule has 0 radical (unpaired) electrons. The van der Waals surface area contributed by atoms with E-state index in [1.165, 1.54) is 12.1 Å². The zero-order valence-corrected chi connectivity index (χ0v) is 13.7. The van der Waals surface area contributed by atoms with E-state index in [1.54, 1.807) is 33.9 Å². The topological polar surface area (TPSA) is 64.7 Å². The highest BCUT2D eigenvalue weighted by Crippen LogP contribution is 2.20. The first-order valence-corrected chi connectivity index (χ1v) is 7.65. The van der Waals surface area contributed by atoms with E-state index in [-0.39, 0.29) is 24.1 Å². The van der Waals surface area contributed by atoms with Crippen molar-refractivity contribution >= 4 is 23.3 Å². The number of rotatable bonds is 5. The van der Waals surface area contributed by atoms with E-state index in [9.17, 15) is 9.18 Å². The van der Waals surface area contributed by atoms with E-state index in [1.807, 2.05) is 13.0 Å². The maximum atomic E-state index is 12.9. The van der Waals surface area contributed by atoms with E-state index >= 15 is 0 Å². The molecule has 0 spiro atoms. The number of benzene rings is 1. The number of carbonyl (C=O) groups is 1. The van der Waals surface area contributed by atoms with Gasteiger partial charge in [-0.2, -0.15) is 10.2 Å². The van der Waals surface area contributed by atoms with Gasteiger partial charge in [0, 0.05) is 18.1 Å². The number of aromatic nitrogens is 4. The first kappa shape index (κ1) is 16.2. The standard InChI is InChI=1S/C16H15ClFN5O/c1-11-6-7-19-23(11)10-15(24)20-16-14(17)9-22(21-16)8-12-2-4-13(18)5-3-12/h2-7,9H,8,10H2,1H3,(H,20,21,24). The highest BCUT2D eigenvalue weighted by atomic mass is 35.5. The van der Waals surface area contributed by atoms with E-state index < -0.39 is 0 Å². The van der Waals surface area contributed by atoms with Gasteiger partial charge in [-0.1, -0.05) is 23.7 Å². The molecule has 8 heteroatoms. The number of hydrogen-bond acceptors (Lipinski definition) is 3. The molecule has 6 nitrogen and oxygen atoms in total. The van der Waals surface area contributed by atoms with Crippen LogP contribution in [0, 0.1) is 12.7 Å². The largest absolute Gasteiger partial charge is 0.306 e. The fourth-order valence-electron chi connectivity index (χ4n) is 2.21. The normalized spacial score (nSPS) is 10.8. The van der Waals surface area contributed by atoms with Crippen LogP contribution in [0.2, 0.25) is 5.02 Å². The van der Waals surface area contributed by atoms with Crippen molar-refractivity contribution in [1.82, 2.24) is 19.6 Å². The Bertz CT molecular complexity index is 856. The first-order valence-electron chi connectivity index (χ1n) is 7.27. The van der Waals surface area contributed by atoms with Crippen molar-refractivity contribution in [3.63, 3.8) is 0 Å². The lowest BCUT2D eigenvalue weighted by atomic mass is 10.2. The van der Waals surface area contributed by atoms with Crippen LogP contribution < -0.4 is 5.32 Å². The summed E-state index contributed by atoms with van der Waals surface area (Å²) in [4.78, 5) is 12.1. The smallest absolute Gasteiger partial charge is 0.247 e. The lowest BCUT2D eigenvalue weighted by molar-refractivity contribution is -0.117. The molecule has 1 amide bonds. The molecule has 0 bridgehead atoms. The monoisotopic (exact) mass is 347 g/mol. The average Bonchev–Trinajstić information content (AvgIpc) is 3.08. The Morgan fingerprint density at radius 1 is 1.29 bits per heavy atom. The van der Waals surface area contributed by atoms with Crippen LogP contribution in [0.25, 0.3) is 0 Å². The summed E-state index contributed by atoms with van der Waals surface area (Å²) in [5.74, 6) is -0.275. The maximum absolute atomic E-state index is 12.9. The van der Waals surface area contributed by atoms with Gasteiger partial charge in [0.15, 0.2) is 5.82 Å². The molecule has 2 aromatic heterocycles. The van der Waals surface area contributed by atoms with Gasteiger partial charge in [-0.05, 0) is 30.7 Å². The van der Waals surface area contributed by atoms with Gasteiger partial charge in [0.2, 0.25) is 5.91 Å². The molecule has 0 unspecified atom stereocenters. The minimum absolute atomic E-state index is 0.0833. The summed E-state index contributed by atoms with van der Waals surface area (Å²) >= 11 is 6.11.